The molecule has 4 heterocycles. The monoisotopic (exact) mass is 501 g/mol. The average Bonchev–Trinajstić information content (AvgIpc) is 3.34. The predicted octanol–water partition coefficient (Wildman–Crippen LogP) is 3.46. The Hall–Kier alpha value is -4.05. The lowest BCUT2D eigenvalue weighted by atomic mass is 10.1. The first kappa shape index (κ1) is 24.6. The lowest BCUT2D eigenvalue weighted by Gasteiger charge is -2.26. The molecule has 4 aromatic rings. The van der Waals surface area contributed by atoms with Gasteiger partial charge in [0.1, 0.15) is 0 Å². The summed E-state index contributed by atoms with van der Waals surface area (Å²) in [5.74, 6) is 0.0305. The van der Waals surface area contributed by atoms with Crippen LogP contribution in [0.3, 0.4) is 0 Å². The van der Waals surface area contributed by atoms with Crippen LogP contribution in [0.5, 0.6) is 0 Å². The Morgan fingerprint density at radius 1 is 1.30 bits per heavy atom. The molecule has 2 amide bonds. The molecule has 0 saturated carbocycles. The molecule has 0 radical (unpaired) electrons. The number of likely N-dealkylation sites (tertiary alicyclic amines) is 1. The molecule has 1 aromatic carbocycles. The summed E-state index contributed by atoms with van der Waals surface area (Å²) in [5.41, 5.74) is 3.66. The highest BCUT2D eigenvalue weighted by molar-refractivity contribution is 6.07. The Morgan fingerprint density at radius 3 is 2.89 bits per heavy atom. The molecule has 1 fully saturated rings. The topological polar surface area (TPSA) is 118 Å². The molecule has 0 spiro atoms. The van der Waals surface area contributed by atoms with Gasteiger partial charge in [0.05, 0.1) is 41.4 Å². The van der Waals surface area contributed by atoms with Gasteiger partial charge in [0.2, 0.25) is 11.9 Å². The second-order valence-electron chi connectivity index (χ2n) is 9.63. The van der Waals surface area contributed by atoms with E-state index in [0.717, 1.165) is 46.9 Å². The largest absolute Gasteiger partial charge is 0.391 e. The van der Waals surface area contributed by atoms with Gasteiger partial charge in [0.25, 0.3) is 5.91 Å². The summed E-state index contributed by atoms with van der Waals surface area (Å²) < 4.78 is 3.82. The number of aliphatic hydroxyl groups is 1. The number of aryl methyl sites for hydroxylation is 1. The van der Waals surface area contributed by atoms with Gasteiger partial charge >= 0.3 is 0 Å². The fraction of sp³-hybridized carbons (Fsp3) is 0.370. The first-order valence-electron chi connectivity index (χ1n) is 12.6. The van der Waals surface area contributed by atoms with E-state index in [0.29, 0.717) is 31.1 Å². The standard InChI is InChI=1S/C27H31N7O3/c1-4-24(36)32-12-6-5-7-20(16-32)34-25-21-14-29-33(15-18(3)35)23(21)9-8-22(25)30-27(34)31-26(37)19-10-11-28-17(2)13-19/h4,8-11,13-14,18,20,35H,1,5-7,12,15-16H2,2-3H3,(H,30,31,37)/t18-,20+/m0/s1. The Morgan fingerprint density at radius 2 is 2.14 bits per heavy atom. The highest BCUT2D eigenvalue weighted by Gasteiger charge is 2.28. The molecule has 5 rings (SSSR count). The third kappa shape index (κ3) is 4.84. The van der Waals surface area contributed by atoms with Crippen molar-refractivity contribution in [2.24, 2.45) is 0 Å². The van der Waals surface area contributed by atoms with Crippen LogP contribution in [0.4, 0.5) is 5.95 Å². The van der Waals surface area contributed by atoms with Crippen LogP contribution in [-0.2, 0) is 11.3 Å². The van der Waals surface area contributed by atoms with Crippen LogP contribution in [0.25, 0.3) is 21.9 Å². The van der Waals surface area contributed by atoms with E-state index >= 15 is 0 Å². The van der Waals surface area contributed by atoms with Gasteiger partial charge in [-0.25, -0.2) is 4.98 Å². The third-order valence-corrected chi connectivity index (χ3v) is 6.79. The molecule has 0 aliphatic carbocycles. The first-order chi connectivity index (χ1) is 17.9. The summed E-state index contributed by atoms with van der Waals surface area (Å²) in [7, 11) is 0. The molecular weight excluding hydrogens is 470 g/mol. The zero-order valence-corrected chi connectivity index (χ0v) is 21.1. The van der Waals surface area contributed by atoms with E-state index in [9.17, 15) is 14.7 Å². The van der Waals surface area contributed by atoms with Crippen molar-refractivity contribution >= 4 is 39.7 Å². The van der Waals surface area contributed by atoms with Gasteiger partial charge < -0.3 is 14.6 Å². The normalized spacial score (nSPS) is 17.1. The van der Waals surface area contributed by atoms with E-state index in [4.69, 9.17) is 4.98 Å². The van der Waals surface area contributed by atoms with Gasteiger partial charge in [0, 0.05) is 35.9 Å². The third-order valence-electron chi connectivity index (χ3n) is 6.79. The zero-order valence-electron chi connectivity index (χ0n) is 21.1. The zero-order chi connectivity index (χ0) is 26.1. The van der Waals surface area contributed by atoms with E-state index in [1.54, 1.807) is 36.1 Å². The van der Waals surface area contributed by atoms with Gasteiger partial charge in [-0.3, -0.25) is 24.6 Å². The van der Waals surface area contributed by atoms with Gasteiger partial charge in [-0.2, -0.15) is 5.10 Å². The quantitative estimate of drug-likeness (QED) is 0.391. The van der Waals surface area contributed by atoms with Crippen molar-refractivity contribution in [3.63, 3.8) is 0 Å². The van der Waals surface area contributed by atoms with Crippen LogP contribution in [0.2, 0.25) is 0 Å². The number of hydrogen-bond donors (Lipinski definition) is 2. The fourth-order valence-corrected chi connectivity index (χ4v) is 5.10. The Kier molecular flexibility index (Phi) is 6.75. The summed E-state index contributed by atoms with van der Waals surface area (Å²) in [4.78, 5) is 36.6. The molecule has 0 unspecified atom stereocenters. The van der Waals surface area contributed by atoms with Crippen LogP contribution in [0.1, 0.15) is 48.3 Å². The Bertz CT molecular complexity index is 1490. The van der Waals surface area contributed by atoms with E-state index < -0.39 is 6.10 Å². The predicted molar refractivity (Wildman–Crippen MR) is 141 cm³/mol. The molecule has 192 valence electrons. The van der Waals surface area contributed by atoms with Crippen LogP contribution in [-0.4, -0.2) is 65.3 Å². The van der Waals surface area contributed by atoms with Crippen molar-refractivity contribution in [2.75, 3.05) is 18.4 Å². The minimum Gasteiger partial charge on any atom is -0.391 e. The van der Waals surface area contributed by atoms with Crippen molar-refractivity contribution in [1.82, 2.24) is 29.2 Å². The smallest absolute Gasteiger partial charge is 0.258 e. The van der Waals surface area contributed by atoms with Crippen LogP contribution in [0, 0.1) is 6.92 Å². The second-order valence-corrected chi connectivity index (χ2v) is 9.63. The molecule has 37 heavy (non-hydrogen) atoms. The van der Waals surface area contributed by atoms with E-state index in [2.05, 4.69) is 22.0 Å². The molecule has 1 saturated heterocycles. The number of nitrogens with zero attached hydrogens (tertiary/aromatic N) is 6. The molecule has 2 N–H and O–H groups in total. The molecule has 10 heteroatoms. The van der Waals surface area contributed by atoms with Gasteiger partial charge in [0.15, 0.2) is 0 Å². The van der Waals surface area contributed by atoms with Crippen molar-refractivity contribution in [3.8, 4) is 0 Å². The molecule has 1 aliphatic rings. The maximum absolute atomic E-state index is 13.2. The summed E-state index contributed by atoms with van der Waals surface area (Å²) in [6.45, 7) is 8.73. The minimum atomic E-state index is -0.553. The number of carbonyl (C=O) groups is 2. The Balaban J connectivity index is 1.66. The Labute approximate surface area is 214 Å². The van der Waals surface area contributed by atoms with E-state index in [-0.39, 0.29) is 17.9 Å². The number of aromatic nitrogens is 5. The van der Waals surface area contributed by atoms with Crippen molar-refractivity contribution in [3.05, 3.63) is 60.6 Å². The molecule has 10 nitrogen and oxygen atoms in total. The lowest BCUT2D eigenvalue weighted by molar-refractivity contribution is -0.126. The molecular formula is C27H31N7O3. The fourth-order valence-electron chi connectivity index (χ4n) is 5.10. The molecule has 3 aromatic heterocycles. The van der Waals surface area contributed by atoms with Crippen molar-refractivity contribution < 1.29 is 14.7 Å². The highest BCUT2D eigenvalue weighted by atomic mass is 16.3. The number of hydrogen-bond acceptors (Lipinski definition) is 6. The molecule has 1 aliphatic heterocycles. The molecule has 2 atom stereocenters. The lowest BCUT2D eigenvalue weighted by Crippen LogP contribution is -2.34. The van der Waals surface area contributed by atoms with Gasteiger partial charge in [-0.05, 0) is 63.5 Å². The minimum absolute atomic E-state index is 0.107. The summed E-state index contributed by atoms with van der Waals surface area (Å²) in [5, 5.41) is 18.4. The average molecular weight is 502 g/mol. The number of rotatable bonds is 6. The van der Waals surface area contributed by atoms with Gasteiger partial charge in [-0.1, -0.05) is 6.58 Å². The number of pyridine rings is 1. The summed E-state index contributed by atoms with van der Waals surface area (Å²) >= 11 is 0. The number of benzene rings is 1. The summed E-state index contributed by atoms with van der Waals surface area (Å²) in [6, 6.07) is 7.13. The van der Waals surface area contributed by atoms with Crippen LogP contribution < -0.4 is 5.32 Å². The SMILES string of the molecule is C=CC(=O)N1CCCC[C@@H](n2c(NC(=O)c3ccnc(C)c3)nc3ccc4c(cnn4C[C@H](C)O)c32)C1. The van der Waals surface area contributed by atoms with Gasteiger partial charge in [-0.15, -0.1) is 0 Å². The molecule has 0 bridgehead atoms. The van der Waals surface area contributed by atoms with E-state index in [1.807, 2.05) is 28.5 Å². The second kappa shape index (κ2) is 10.1. The maximum Gasteiger partial charge on any atom is 0.258 e. The number of imidazole rings is 1. The number of carbonyl (C=O) groups excluding carboxylic acids is 2. The maximum atomic E-state index is 13.2. The number of fused-ring (bicyclic) bond motifs is 3. The van der Waals surface area contributed by atoms with Crippen molar-refractivity contribution in [1.29, 1.82) is 0 Å². The summed E-state index contributed by atoms with van der Waals surface area (Å²) in [6.07, 6.45) is 6.82. The number of anilines is 1. The number of amides is 2. The number of aliphatic hydroxyl groups excluding tert-OH is 1. The number of nitrogens with one attached hydrogen (secondary N) is 1. The first-order valence-corrected chi connectivity index (χ1v) is 12.6. The van der Waals surface area contributed by atoms with Crippen molar-refractivity contribution in [2.45, 2.75) is 51.8 Å². The van der Waals surface area contributed by atoms with Crippen LogP contribution in [0.15, 0.2) is 49.3 Å². The van der Waals surface area contributed by atoms with Crippen LogP contribution >= 0.6 is 0 Å². The highest BCUT2D eigenvalue weighted by Crippen LogP contribution is 2.34. The van der Waals surface area contributed by atoms with E-state index in [1.165, 1.54) is 6.08 Å².